The number of hydrogen-bond donors (Lipinski definition) is 1. The van der Waals surface area contributed by atoms with Crippen molar-refractivity contribution < 1.29 is 4.39 Å². The Morgan fingerprint density at radius 1 is 1.35 bits per heavy atom. The molecule has 0 saturated heterocycles. The molecular formula is C15H19FN2S2. The van der Waals surface area contributed by atoms with Crippen molar-refractivity contribution in [2.24, 2.45) is 0 Å². The van der Waals surface area contributed by atoms with Gasteiger partial charge in [-0.3, -0.25) is 0 Å². The van der Waals surface area contributed by atoms with Gasteiger partial charge in [0, 0.05) is 16.3 Å². The fourth-order valence-electron chi connectivity index (χ4n) is 1.93. The van der Waals surface area contributed by atoms with Gasteiger partial charge in [0.2, 0.25) is 0 Å². The van der Waals surface area contributed by atoms with Crippen molar-refractivity contribution in [2.45, 2.75) is 37.0 Å². The Hall–Kier alpha value is -0.910. The van der Waals surface area contributed by atoms with Gasteiger partial charge < -0.3 is 5.32 Å². The van der Waals surface area contributed by atoms with Crippen LogP contribution in [0.2, 0.25) is 0 Å². The Balaban J connectivity index is 2.06. The summed E-state index contributed by atoms with van der Waals surface area (Å²) >= 11 is 3.24. The van der Waals surface area contributed by atoms with Gasteiger partial charge in [0.1, 0.15) is 10.8 Å². The van der Waals surface area contributed by atoms with E-state index in [1.165, 1.54) is 28.4 Å². The van der Waals surface area contributed by atoms with E-state index in [1.807, 2.05) is 19.2 Å². The van der Waals surface area contributed by atoms with E-state index in [0.29, 0.717) is 4.90 Å². The summed E-state index contributed by atoms with van der Waals surface area (Å²) in [6, 6.07) is 6.89. The van der Waals surface area contributed by atoms with E-state index in [-0.39, 0.29) is 5.82 Å². The van der Waals surface area contributed by atoms with Gasteiger partial charge in [0.05, 0.1) is 11.4 Å². The second-order valence-electron chi connectivity index (χ2n) is 4.48. The molecule has 5 heteroatoms. The van der Waals surface area contributed by atoms with Crippen molar-refractivity contribution in [3.8, 4) is 0 Å². The molecule has 0 fully saturated rings. The van der Waals surface area contributed by atoms with Crippen molar-refractivity contribution in [2.75, 3.05) is 7.05 Å². The molecule has 0 bridgehead atoms. The summed E-state index contributed by atoms with van der Waals surface area (Å²) in [6.07, 6.45) is 2.11. The van der Waals surface area contributed by atoms with Crippen LogP contribution in [0.15, 0.2) is 29.2 Å². The molecule has 2 nitrogen and oxygen atoms in total. The second kappa shape index (κ2) is 7.76. The zero-order valence-corrected chi connectivity index (χ0v) is 13.4. The van der Waals surface area contributed by atoms with E-state index in [4.69, 9.17) is 4.98 Å². The number of benzene rings is 1. The van der Waals surface area contributed by atoms with Gasteiger partial charge in [-0.15, -0.1) is 23.1 Å². The molecule has 1 heterocycles. The topological polar surface area (TPSA) is 24.9 Å². The Morgan fingerprint density at radius 2 is 2.15 bits per heavy atom. The predicted molar refractivity (Wildman–Crippen MR) is 84.8 cm³/mol. The average molecular weight is 310 g/mol. The van der Waals surface area contributed by atoms with Crippen LogP contribution >= 0.6 is 23.1 Å². The normalized spacial score (nSPS) is 10.9. The molecule has 0 aliphatic rings. The SMILES string of the molecule is CCCc1nc(CSc2ccccc2F)sc1CNC. The lowest BCUT2D eigenvalue weighted by molar-refractivity contribution is 0.602. The third-order valence-electron chi connectivity index (χ3n) is 2.83. The Kier molecular flexibility index (Phi) is 6.01. The summed E-state index contributed by atoms with van der Waals surface area (Å²) in [7, 11) is 1.95. The highest BCUT2D eigenvalue weighted by molar-refractivity contribution is 7.98. The molecule has 1 N–H and O–H groups in total. The quantitative estimate of drug-likeness (QED) is 0.774. The van der Waals surface area contributed by atoms with Crippen LogP contribution in [-0.2, 0) is 18.7 Å². The van der Waals surface area contributed by atoms with Gasteiger partial charge in [-0.05, 0) is 25.6 Å². The number of aryl methyl sites for hydroxylation is 1. The number of rotatable bonds is 7. The molecule has 2 rings (SSSR count). The molecule has 1 aromatic carbocycles. The van der Waals surface area contributed by atoms with Crippen LogP contribution in [0.4, 0.5) is 4.39 Å². The Labute approximate surface area is 127 Å². The first kappa shape index (κ1) is 15.5. The standard InChI is InChI=1S/C15H19FN2S2/c1-3-6-12-14(9-17-2)20-15(18-12)10-19-13-8-5-4-7-11(13)16/h4-5,7-8,17H,3,6,9-10H2,1-2H3. The van der Waals surface area contributed by atoms with Crippen LogP contribution < -0.4 is 5.32 Å². The molecular weight excluding hydrogens is 291 g/mol. The van der Waals surface area contributed by atoms with Crippen molar-refractivity contribution in [1.82, 2.24) is 10.3 Å². The maximum absolute atomic E-state index is 13.6. The largest absolute Gasteiger partial charge is 0.315 e. The molecule has 1 aromatic heterocycles. The zero-order chi connectivity index (χ0) is 14.4. The maximum Gasteiger partial charge on any atom is 0.136 e. The molecule has 20 heavy (non-hydrogen) atoms. The number of hydrogen-bond acceptors (Lipinski definition) is 4. The smallest absolute Gasteiger partial charge is 0.136 e. The monoisotopic (exact) mass is 310 g/mol. The summed E-state index contributed by atoms with van der Waals surface area (Å²) in [5, 5.41) is 4.26. The highest BCUT2D eigenvalue weighted by Crippen LogP contribution is 2.29. The summed E-state index contributed by atoms with van der Waals surface area (Å²) in [4.78, 5) is 6.69. The molecule has 0 spiro atoms. The summed E-state index contributed by atoms with van der Waals surface area (Å²) in [5.74, 6) is 0.574. The first-order chi connectivity index (χ1) is 9.74. The van der Waals surface area contributed by atoms with E-state index in [1.54, 1.807) is 17.4 Å². The minimum atomic E-state index is -0.154. The van der Waals surface area contributed by atoms with Gasteiger partial charge >= 0.3 is 0 Å². The maximum atomic E-state index is 13.6. The van der Waals surface area contributed by atoms with Crippen LogP contribution in [-0.4, -0.2) is 12.0 Å². The van der Waals surface area contributed by atoms with Crippen LogP contribution in [0.3, 0.4) is 0 Å². The van der Waals surface area contributed by atoms with E-state index in [0.717, 1.165) is 30.1 Å². The third-order valence-corrected chi connectivity index (χ3v) is 5.17. The number of thioether (sulfide) groups is 1. The molecule has 2 aromatic rings. The van der Waals surface area contributed by atoms with Crippen LogP contribution in [0.5, 0.6) is 0 Å². The minimum absolute atomic E-state index is 0.154. The van der Waals surface area contributed by atoms with Crippen molar-refractivity contribution in [1.29, 1.82) is 0 Å². The van der Waals surface area contributed by atoms with Gasteiger partial charge in [0.15, 0.2) is 0 Å². The lowest BCUT2D eigenvalue weighted by Gasteiger charge is -2.00. The Morgan fingerprint density at radius 3 is 2.85 bits per heavy atom. The number of halogens is 1. The molecule has 0 radical (unpaired) electrons. The van der Waals surface area contributed by atoms with Gasteiger partial charge in [-0.25, -0.2) is 9.37 Å². The Bertz CT molecular complexity index is 531. The number of thiazole rings is 1. The van der Waals surface area contributed by atoms with Gasteiger partial charge in [-0.1, -0.05) is 25.5 Å². The van der Waals surface area contributed by atoms with Crippen LogP contribution in [0.1, 0.15) is 28.9 Å². The van der Waals surface area contributed by atoms with Gasteiger partial charge in [-0.2, -0.15) is 0 Å². The summed E-state index contributed by atoms with van der Waals surface area (Å²) < 4.78 is 13.6. The van der Waals surface area contributed by atoms with E-state index >= 15 is 0 Å². The lowest BCUT2D eigenvalue weighted by atomic mass is 10.2. The predicted octanol–water partition coefficient (Wildman–Crippen LogP) is 4.25. The first-order valence-electron chi connectivity index (χ1n) is 6.74. The van der Waals surface area contributed by atoms with Crippen LogP contribution in [0, 0.1) is 5.82 Å². The number of nitrogens with zero attached hydrogens (tertiary/aromatic N) is 1. The first-order valence-corrected chi connectivity index (χ1v) is 8.54. The molecule has 0 aliphatic carbocycles. The summed E-state index contributed by atoms with van der Waals surface area (Å²) in [6.45, 7) is 3.02. The summed E-state index contributed by atoms with van der Waals surface area (Å²) in [5.41, 5.74) is 1.19. The van der Waals surface area contributed by atoms with Crippen molar-refractivity contribution in [3.05, 3.63) is 45.7 Å². The minimum Gasteiger partial charge on any atom is -0.315 e. The third kappa shape index (κ3) is 4.04. The van der Waals surface area contributed by atoms with Crippen molar-refractivity contribution >= 4 is 23.1 Å². The molecule has 108 valence electrons. The lowest BCUT2D eigenvalue weighted by Crippen LogP contribution is -2.05. The highest BCUT2D eigenvalue weighted by Gasteiger charge is 2.11. The van der Waals surface area contributed by atoms with E-state index in [9.17, 15) is 4.39 Å². The number of nitrogens with one attached hydrogen (secondary N) is 1. The average Bonchev–Trinajstić information content (AvgIpc) is 2.81. The molecule has 0 aliphatic heterocycles. The zero-order valence-electron chi connectivity index (χ0n) is 11.8. The molecule has 0 atom stereocenters. The fraction of sp³-hybridized carbons (Fsp3) is 0.400. The molecule has 0 amide bonds. The van der Waals surface area contributed by atoms with E-state index < -0.39 is 0 Å². The van der Waals surface area contributed by atoms with Crippen molar-refractivity contribution in [3.63, 3.8) is 0 Å². The van der Waals surface area contributed by atoms with Crippen LogP contribution in [0.25, 0.3) is 0 Å². The second-order valence-corrected chi connectivity index (χ2v) is 6.66. The van der Waals surface area contributed by atoms with Gasteiger partial charge in [0.25, 0.3) is 0 Å². The molecule has 0 unspecified atom stereocenters. The highest BCUT2D eigenvalue weighted by atomic mass is 32.2. The van der Waals surface area contributed by atoms with E-state index in [2.05, 4.69) is 12.2 Å². The number of aromatic nitrogens is 1. The molecule has 0 saturated carbocycles. The fourth-order valence-corrected chi connectivity index (χ4v) is 3.99.